The van der Waals surface area contributed by atoms with Crippen LogP contribution >= 0.6 is 0 Å². The van der Waals surface area contributed by atoms with Gasteiger partial charge in [0, 0.05) is 66.3 Å². The van der Waals surface area contributed by atoms with Crippen LogP contribution in [0.2, 0.25) is 0 Å². The van der Waals surface area contributed by atoms with E-state index < -0.39 is 18.1 Å². The molecule has 1 aromatic carbocycles. The van der Waals surface area contributed by atoms with E-state index in [9.17, 15) is 8.78 Å². The fourth-order valence-corrected chi connectivity index (χ4v) is 4.31. The third-order valence-electron chi connectivity index (χ3n) is 6.20. The summed E-state index contributed by atoms with van der Waals surface area (Å²) in [7, 11) is 0. The van der Waals surface area contributed by atoms with Gasteiger partial charge in [-0.3, -0.25) is 0 Å². The number of aryl methyl sites for hydroxylation is 1. The molecule has 5 rings (SSSR count). The number of hydrogen-bond acceptors (Lipinski definition) is 5. The normalized spacial score (nSPS) is 15.6. The van der Waals surface area contributed by atoms with Crippen molar-refractivity contribution in [3.8, 4) is 16.9 Å². The average molecular weight is 486 g/mol. The van der Waals surface area contributed by atoms with Crippen LogP contribution in [0.25, 0.3) is 16.8 Å². The minimum Gasteiger partial charge on any atom is -0.435 e. The molecule has 0 amide bonds. The quantitative estimate of drug-likeness (QED) is 0.341. The Balaban J connectivity index is 1.51. The Morgan fingerprint density at radius 1 is 1.14 bits per heavy atom. The standard InChI is InChI=1S/C25H22F4N4O2/c1-15-20(10-16-4-2-3-5-21(16)35-24(27)28)33-14-18(19(26)11-22(33)32-15)17-12-30-23(31-13-17)25(29)6-8-34-9-7-25/h2-5,11-14,24H,6-10H2,1H3. The van der Waals surface area contributed by atoms with E-state index in [0.717, 1.165) is 0 Å². The van der Waals surface area contributed by atoms with E-state index >= 15 is 8.78 Å². The largest absolute Gasteiger partial charge is 0.435 e. The van der Waals surface area contributed by atoms with Gasteiger partial charge in [0.15, 0.2) is 11.5 Å². The molecule has 3 aromatic heterocycles. The van der Waals surface area contributed by atoms with E-state index in [1.54, 1.807) is 35.7 Å². The average Bonchev–Trinajstić information content (AvgIpc) is 3.13. The van der Waals surface area contributed by atoms with Crippen LogP contribution in [0.4, 0.5) is 17.6 Å². The molecule has 35 heavy (non-hydrogen) atoms. The van der Waals surface area contributed by atoms with Crippen molar-refractivity contribution in [3.05, 3.63) is 77.5 Å². The summed E-state index contributed by atoms with van der Waals surface area (Å²) in [5, 5.41) is 0. The van der Waals surface area contributed by atoms with Gasteiger partial charge in [-0.15, -0.1) is 0 Å². The zero-order valence-corrected chi connectivity index (χ0v) is 18.8. The number of rotatable bonds is 6. The number of para-hydroxylation sites is 1. The molecule has 0 spiro atoms. The highest BCUT2D eigenvalue weighted by molar-refractivity contribution is 5.64. The molecule has 1 aliphatic rings. The summed E-state index contributed by atoms with van der Waals surface area (Å²) < 4.78 is 67.4. The van der Waals surface area contributed by atoms with E-state index in [4.69, 9.17) is 4.74 Å². The van der Waals surface area contributed by atoms with E-state index in [1.807, 2.05) is 0 Å². The van der Waals surface area contributed by atoms with Crippen molar-refractivity contribution in [2.75, 3.05) is 13.2 Å². The number of fused-ring (bicyclic) bond motifs is 1. The Hall–Kier alpha value is -3.53. The topological polar surface area (TPSA) is 61.5 Å². The van der Waals surface area contributed by atoms with E-state index in [2.05, 4.69) is 19.7 Å². The Bertz CT molecular complexity index is 1350. The number of pyridine rings is 1. The molecule has 182 valence electrons. The van der Waals surface area contributed by atoms with Crippen molar-refractivity contribution in [1.29, 1.82) is 0 Å². The highest BCUT2D eigenvalue weighted by atomic mass is 19.3. The second-order valence-corrected chi connectivity index (χ2v) is 8.44. The fourth-order valence-electron chi connectivity index (χ4n) is 4.31. The van der Waals surface area contributed by atoms with Crippen molar-refractivity contribution in [2.24, 2.45) is 0 Å². The summed E-state index contributed by atoms with van der Waals surface area (Å²) in [5.74, 6) is -0.412. The van der Waals surface area contributed by atoms with Crippen LogP contribution in [0.3, 0.4) is 0 Å². The predicted octanol–water partition coefficient (Wildman–Crippen LogP) is 5.41. The van der Waals surface area contributed by atoms with Crippen LogP contribution in [0.1, 0.15) is 35.6 Å². The van der Waals surface area contributed by atoms with Gasteiger partial charge in [-0.25, -0.2) is 23.7 Å². The summed E-state index contributed by atoms with van der Waals surface area (Å²) in [6, 6.07) is 7.79. The van der Waals surface area contributed by atoms with Crippen molar-refractivity contribution in [2.45, 2.75) is 38.5 Å². The third-order valence-corrected chi connectivity index (χ3v) is 6.20. The number of alkyl halides is 3. The Kier molecular flexibility index (Phi) is 6.14. The van der Waals surface area contributed by atoms with E-state index in [1.165, 1.54) is 24.5 Å². The van der Waals surface area contributed by atoms with Gasteiger partial charge in [0.05, 0.1) is 18.9 Å². The van der Waals surface area contributed by atoms with Gasteiger partial charge in [-0.2, -0.15) is 8.78 Å². The maximum absolute atomic E-state index is 15.2. The van der Waals surface area contributed by atoms with Crippen LogP contribution in [0.5, 0.6) is 5.75 Å². The van der Waals surface area contributed by atoms with E-state index in [0.29, 0.717) is 41.4 Å². The molecule has 0 radical (unpaired) electrons. The molecule has 10 heteroatoms. The monoisotopic (exact) mass is 486 g/mol. The predicted molar refractivity (Wildman–Crippen MR) is 120 cm³/mol. The molecule has 1 aliphatic heterocycles. The lowest BCUT2D eigenvalue weighted by atomic mass is 9.95. The zero-order valence-electron chi connectivity index (χ0n) is 18.8. The number of ether oxygens (including phenoxy) is 2. The van der Waals surface area contributed by atoms with E-state index in [-0.39, 0.29) is 36.4 Å². The molecule has 0 aliphatic carbocycles. The van der Waals surface area contributed by atoms with Gasteiger partial charge < -0.3 is 13.9 Å². The zero-order chi connectivity index (χ0) is 24.6. The molecule has 1 fully saturated rings. The van der Waals surface area contributed by atoms with Crippen LogP contribution in [-0.4, -0.2) is 39.2 Å². The molecule has 0 unspecified atom stereocenters. The first-order valence-electron chi connectivity index (χ1n) is 11.1. The van der Waals surface area contributed by atoms with Gasteiger partial charge in [0.25, 0.3) is 0 Å². The minimum absolute atomic E-state index is 0.0563. The van der Waals surface area contributed by atoms with Crippen LogP contribution in [0, 0.1) is 12.7 Å². The lowest BCUT2D eigenvalue weighted by Gasteiger charge is -2.27. The second kappa shape index (κ2) is 9.26. The summed E-state index contributed by atoms with van der Waals surface area (Å²) in [4.78, 5) is 12.8. The molecule has 6 nitrogen and oxygen atoms in total. The minimum atomic E-state index is -2.95. The molecule has 0 atom stereocenters. The number of hydrogen-bond donors (Lipinski definition) is 0. The number of nitrogens with zero attached hydrogens (tertiary/aromatic N) is 4. The second-order valence-electron chi connectivity index (χ2n) is 8.44. The molecule has 0 bridgehead atoms. The van der Waals surface area contributed by atoms with Crippen LogP contribution in [0.15, 0.2) is 48.9 Å². The van der Waals surface area contributed by atoms with Crippen molar-refractivity contribution in [3.63, 3.8) is 0 Å². The number of imidazole rings is 1. The van der Waals surface area contributed by atoms with Crippen molar-refractivity contribution in [1.82, 2.24) is 19.4 Å². The summed E-state index contributed by atoms with van der Waals surface area (Å²) >= 11 is 0. The smallest absolute Gasteiger partial charge is 0.387 e. The van der Waals surface area contributed by atoms with Crippen LogP contribution < -0.4 is 4.74 Å². The SMILES string of the molecule is Cc1nc2cc(F)c(-c3cnc(C4(F)CCOCC4)nc3)cn2c1Cc1ccccc1OC(F)F. The first-order valence-corrected chi connectivity index (χ1v) is 11.1. The van der Waals surface area contributed by atoms with Crippen molar-refractivity contribution < 1.29 is 27.0 Å². The van der Waals surface area contributed by atoms with Gasteiger partial charge in [0.1, 0.15) is 17.2 Å². The van der Waals surface area contributed by atoms with Gasteiger partial charge >= 0.3 is 6.61 Å². The molecule has 4 heterocycles. The lowest BCUT2D eigenvalue weighted by Crippen LogP contribution is -2.31. The lowest BCUT2D eigenvalue weighted by molar-refractivity contribution is -0.0504. The fraction of sp³-hybridized carbons (Fsp3) is 0.320. The number of benzene rings is 1. The number of aromatic nitrogens is 4. The van der Waals surface area contributed by atoms with Crippen molar-refractivity contribution >= 4 is 5.65 Å². The van der Waals surface area contributed by atoms with Gasteiger partial charge in [-0.1, -0.05) is 18.2 Å². The maximum Gasteiger partial charge on any atom is 0.387 e. The Morgan fingerprint density at radius 2 is 1.86 bits per heavy atom. The summed E-state index contributed by atoms with van der Waals surface area (Å²) in [5.41, 5.74) is 1.14. The highest BCUT2D eigenvalue weighted by Gasteiger charge is 2.37. The first-order chi connectivity index (χ1) is 16.8. The Morgan fingerprint density at radius 3 is 2.57 bits per heavy atom. The molecule has 0 saturated carbocycles. The molecule has 1 saturated heterocycles. The first kappa shape index (κ1) is 23.2. The third kappa shape index (κ3) is 4.58. The number of halogens is 4. The van der Waals surface area contributed by atoms with Crippen LogP contribution in [-0.2, 0) is 16.8 Å². The van der Waals surface area contributed by atoms with Gasteiger partial charge in [-0.05, 0) is 13.0 Å². The summed E-state index contributed by atoms with van der Waals surface area (Å²) in [6.07, 6.45) is 4.94. The molecular formula is C25H22F4N4O2. The highest BCUT2D eigenvalue weighted by Crippen LogP contribution is 2.35. The molecule has 4 aromatic rings. The molecule has 0 N–H and O–H groups in total. The Labute approximate surface area is 198 Å². The van der Waals surface area contributed by atoms with Gasteiger partial charge in [0.2, 0.25) is 0 Å². The maximum atomic E-state index is 15.2. The molecular weight excluding hydrogens is 464 g/mol. The summed E-state index contributed by atoms with van der Waals surface area (Å²) in [6.45, 7) is -0.599.